The maximum absolute atomic E-state index is 12.5. The Hall–Kier alpha value is -2.51. The van der Waals surface area contributed by atoms with E-state index in [1.54, 1.807) is 11.9 Å². The molecule has 8 heteroatoms. The normalized spacial score (nSPS) is 25.6. The average molecular weight is 368 g/mol. The topological polar surface area (TPSA) is 58.6 Å². The summed E-state index contributed by atoms with van der Waals surface area (Å²) in [5.74, 6) is -0.744. The van der Waals surface area contributed by atoms with Crippen LogP contribution in [-0.2, 0) is 4.79 Å². The monoisotopic (exact) mass is 368 g/mol. The fourth-order valence-corrected chi connectivity index (χ4v) is 3.62. The molecule has 2 amide bonds. The predicted octanol–water partition coefficient (Wildman–Crippen LogP) is 2.88. The summed E-state index contributed by atoms with van der Waals surface area (Å²) in [5, 5.41) is 2.95. The van der Waals surface area contributed by atoms with Gasteiger partial charge in [0.05, 0.1) is 0 Å². The number of alkyl halides is 3. The van der Waals surface area contributed by atoms with Crippen LogP contribution in [0, 0.1) is 5.92 Å². The molecule has 140 valence electrons. The van der Waals surface area contributed by atoms with E-state index in [-0.39, 0.29) is 41.1 Å². The molecule has 2 unspecified atom stereocenters. The number of fused-ring (bicyclic) bond motifs is 1. The third-order valence-electron chi connectivity index (χ3n) is 4.90. The first-order valence-electron chi connectivity index (χ1n) is 8.36. The quantitative estimate of drug-likeness (QED) is 0.893. The van der Waals surface area contributed by atoms with Crippen LogP contribution >= 0.6 is 0 Å². The first-order chi connectivity index (χ1) is 12.2. The first-order valence-corrected chi connectivity index (χ1v) is 8.36. The molecule has 1 aromatic rings. The van der Waals surface area contributed by atoms with E-state index >= 15 is 0 Å². The van der Waals surface area contributed by atoms with Gasteiger partial charge in [-0.3, -0.25) is 9.59 Å². The Kier molecular flexibility index (Phi) is 4.93. The molecule has 1 aliphatic carbocycles. The number of hydrogen-bond donors (Lipinski definition) is 1. The molecule has 0 aromatic heterocycles. The number of carbonyl (C=O) groups excluding carboxylic acids is 2. The minimum Gasteiger partial charge on any atom is -0.406 e. The van der Waals surface area contributed by atoms with Gasteiger partial charge in [0, 0.05) is 30.6 Å². The highest BCUT2D eigenvalue weighted by molar-refractivity contribution is 5.94. The van der Waals surface area contributed by atoms with Gasteiger partial charge in [0.2, 0.25) is 5.91 Å². The van der Waals surface area contributed by atoms with Crippen LogP contribution in [0.4, 0.5) is 13.2 Å². The summed E-state index contributed by atoms with van der Waals surface area (Å²) < 4.78 is 40.4. The van der Waals surface area contributed by atoms with Gasteiger partial charge >= 0.3 is 6.36 Å². The second kappa shape index (κ2) is 7.01. The molecule has 1 N–H and O–H groups in total. The highest BCUT2D eigenvalue weighted by atomic mass is 19.4. The van der Waals surface area contributed by atoms with E-state index in [0.717, 1.165) is 31.4 Å². The SMILES string of the molecule is CN1C(=O)C=C[C@H]2C(NC(=O)c3ccc(OC(F)(F)F)cc3)CCCC21. The summed E-state index contributed by atoms with van der Waals surface area (Å²) in [6, 6.07) is 4.73. The zero-order valence-electron chi connectivity index (χ0n) is 14.1. The number of benzene rings is 1. The van der Waals surface area contributed by atoms with Crippen molar-refractivity contribution in [3.63, 3.8) is 0 Å². The summed E-state index contributed by atoms with van der Waals surface area (Å²) >= 11 is 0. The Morgan fingerprint density at radius 1 is 1.23 bits per heavy atom. The molecule has 1 saturated carbocycles. The Labute approximate surface area is 148 Å². The van der Waals surface area contributed by atoms with Gasteiger partial charge in [-0.2, -0.15) is 0 Å². The van der Waals surface area contributed by atoms with E-state index in [4.69, 9.17) is 0 Å². The van der Waals surface area contributed by atoms with Gasteiger partial charge in [0.25, 0.3) is 5.91 Å². The molecule has 0 radical (unpaired) electrons. The van der Waals surface area contributed by atoms with Crippen LogP contribution in [0.5, 0.6) is 5.75 Å². The van der Waals surface area contributed by atoms with Crippen molar-refractivity contribution in [1.29, 1.82) is 0 Å². The van der Waals surface area contributed by atoms with Crippen molar-refractivity contribution >= 4 is 11.8 Å². The van der Waals surface area contributed by atoms with Crippen LogP contribution in [0.2, 0.25) is 0 Å². The molecule has 0 saturated heterocycles. The second-order valence-corrected chi connectivity index (χ2v) is 6.54. The summed E-state index contributed by atoms with van der Waals surface area (Å²) in [5.41, 5.74) is 0.255. The molecular weight excluding hydrogens is 349 g/mol. The molecule has 1 heterocycles. The lowest BCUT2D eigenvalue weighted by Gasteiger charge is -2.43. The summed E-state index contributed by atoms with van der Waals surface area (Å²) in [7, 11) is 1.76. The van der Waals surface area contributed by atoms with Crippen molar-refractivity contribution in [2.24, 2.45) is 5.92 Å². The molecule has 3 rings (SSSR count). The molecule has 5 nitrogen and oxygen atoms in total. The summed E-state index contributed by atoms with van der Waals surface area (Å²) in [4.78, 5) is 25.9. The minimum atomic E-state index is -4.77. The Balaban J connectivity index is 1.67. The Morgan fingerprint density at radius 2 is 1.92 bits per heavy atom. The van der Waals surface area contributed by atoms with Crippen molar-refractivity contribution in [1.82, 2.24) is 10.2 Å². The number of halogens is 3. The zero-order valence-corrected chi connectivity index (χ0v) is 14.1. The molecule has 26 heavy (non-hydrogen) atoms. The molecular formula is C18H19F3N2O3. The molecule has 0 spiro atoms. The number of nitrogens with one attached hydrogen (secondary N) is 1. The number of nitrogens with zero attached hydrogens (tertiary/aromatic N) is 1. The molecule has 1 fully saturated rings. The van der Waals surface area contributed by atoms with E-state index < -0.39 is 6.36 Å². The van der Waals surface area contributed by atoms with Gasteiger partial charge in [-0.05, 0) is 49.6 Å². The number of ether oxygens (including phenoxy) is 1. The highest BCUT2D eigenvalue weighted by Gasteiger charge is 2.38. The zero-order chi connectivity index (χ0) is 18.9. The largest absolute Gasteiger partial charge is 0.573 e. The van der Waals surface area contributed by atoms with E-state index in [1.165, 1.54) is 18.2 Å². The summed E-state index contributed by atoms with van der Waals surface area (Å²) in [6.07, 6.45) is 1.15. The molecule has 0 bridgehead atoms. The maximum Gasteiger partial charge on any atom is 0.573 e. The van der Waals surface area contributed by atoms with Gasteiger partial charge in [0.15, 0.2) is 0 Å². The van der Waals surface area contributed by atoms with Crippen molar-refractivity contribution in [2.45, 2.75) is 37.7 Å². The van der Waals surface area contributed by atoms with Gasteiger partial charge in [-0.25, -0.2) is 0 Å². The summed E-state index contributed by atoms with van der Waals surface area (Å²) in [6.45, 7) is 0. The molecule has 1 aliphatic heterocycles. The van der Waals surface area contributed by atoms with Crippen LogP contribution in [0.25, 0.3) is 0 Å². The van der Waals surface area contributed by atoms with Crippen molar-refractivity contribution in [3.8, 4) is 5.75 Å². The highest BCUT2D eigenvalue weighted by Crippen LogP contribution is 2.32. The van der Waals surface area contributed by atoms with Crippen LogP contribution in [-0.4, -0.2) is 42.2 Å². The average Bonchev–Trinajstić information content (AvgIpc) is 2.58. The molecule has 1 aromatic carbocycles. The Morgan fingerprint density at radius 3 is 2.58 bits per heavy atom. The second-order valence-electron chi connectivity index (χ2n) is 6.54. The van der Waals surface area contributed by atoms with Crippen LogP contribution in [0.1, 0.15) is 29.6 Å². The third-order valence-corrected chi connectivity index (χ3v) is 4.90. The number of rotatable bonds is 3. The predicted molar refractivity (Wildman–Crippen MR) is 87.4 cm³/mol. The standard InChI is InChI=1S/C18H19F3N2O3/c1-23-15-4-2-3-14(13(15)9-10-16(23)24)22-17(25)11-5-7-12(8-6-11)26-18(19,20)21/h5-10,13-15H,2-4H2,1H3,(H,22,25)/t13-,14?,15?/m0/s1. The van der Waals surface area contributed by atoms with E-state index in [1.807, 2.05) is 6.08 Å². The third kappa shape index (κ3) is 4.00. The first kappa shape index (κ1) is 18.3. The fourth-order valence-electron chi connectivity index (χ4n) is 3.62. The number of likely N-dealkylation sites (N-methyl/N-ethyl adjacent to an activating group) is 1. The Bertz CT molecular complexity index is 715. The van der Waals surface area contributed by atoms with Gasteiger partial charge < -0.3 is 15.0 Å². The van der Waals surface area contributed by atoms with Crippen LogP contribution < -0.4 is 10.1 Å². The van der Waals surface area contributed by atoms with Crippen LogP contribution in [0.3, 0.4) is 0 Å². The lowest BCUT2D eigenvalue weighted by molar-refractivity contribution is -0.274. The van der Waals surface area contributed by atoms with Gasteiger partial charge in [-0.15, -0.1) is 13.2 Å². The smallest absolute Gasteiger partial charge is 0.406 e. The molecule has 3 atom stereocenters. The van der Waals surface area contributed by atoms with Crippen molar-refractivity contribution in [2.75, 3.05) is 7.05 Å². The fraction of sp³-hybridized carbons (Fsp3) is 0.444. The van der Waals surface area contributed by atoms with Gasteiger partial charge in [-0.1, -0.05) is 6.08 Å². The van der Waals surface area contributed by atoms with Crippen LogP contribution in [0.15, 0.2) is 36.4 Å². The van der Waals surface area contributed by atoms with E-state index in [2.05, 4.69) is 10.1 Å². The number of carbonyl (C=O) groups is 2. The number of amides is 2. The number of hydrogen-bond acceptors (Lipinski definition) is 3. The lowest BCUT2D eigenvalue weighted by Crippen LogP contribution is -2.54. The van der Waals surface area contributed by atoms with E-state index in [0.29, 0.717) is 0 Å². The van der Waals surface area contributed by atoms with Crippen molar-refractivity contribution in [3.05, 3.63) is 42.0 Å². The lowest BCUT2D eigenvalue weighted by atomic mass is 9.77. The maximum atomic E-state index is 12.5. The molecule has 2 aliphatic rings. The van der Waals surface area contributed by atoms with Crippen molar-refractivity contribution < 1.29 is 27.5 Å². The van der Waals surface area contributed by atoms with Gasteiger partial charge in [0.1, 0.15) is 5.75 Å². The van der Waals surface area contributed by atoms with E-state index in [9.17, 15) is 22.8 Å². The minimum absolute atomic E-state index is 0.0308.